The summed E-state index contributed by atoms with van der Waals surface area (Å²) in [6.45, 7) is 8.07. The fourth-order valence-corrected chi connectivity index (χ4v) is 2.82. The van der Waals surface area contributed by atoms with Crippen LogP contribution in [-0.2, 0) is 4.74 Å². The highest BCUT2D eigenvalue weighted by molar-refractivity contribution is 7.80. The van der Waals surface area contributed by atoms with Crippen molar-refractivity contribution in [1.29, 1.82) is 0 Å². The number of rotatable bonds is 4. The summed E-state index contributed by atoms with van der Waals surface area (Å²) in [5, 5.41) is 7.31. The highest BCUT2D eigenvalue weighted by Crippen LogP contribution is 2.18. The molecule has 20 heavy (non-hydrogen) atoms. The van der Waals surface area contributed by atoms with Crippen molar-refractivity contribution in [3.8, 4) is 0 Å². The third kappa shape index (κ3) is 4.18. The van der Waals surface area contributed by atoms with Crippen molar-refractivity contribution in [3.63, 3.8) is 0 Å². The average molecular weight is 292 g/mol. The van der Waals surface area contributed by atoms with Crippen molar-refractivity contribution >= 4 is 17.3 Å². The van der Waals surface area contributed by atoms with Crippen LogP contribution in [0, 0.1) is 13.8 Å². The first-order valence-corrected chi connectivity index (χ1v) is 7.70. The molecule has 0 aliphatic carbocycles. The maximum Gasteiger partial charge on any atom is 0.166 e. The minimum atomic E-state index is 0.208. The van der Waals surface area contributed by atoms with E-state index in [1.54, 1.807) is 0 Å². The third-order valence-corrected chi connectivity index (χ3v) is 4.03. The van der Waals surface area contributed by atoms with Crippen molar-refractivity contribution in [3.05, 3.63) is 34.9 Å². The number of hydrogen-bond acceptors (Lipinski definition) is 2. The molecule has 0 radical (unpaired) electrons. The molecule has 3 nitrogen and oxygen atoms in total. The van der Waals surface area contributed by atoms with E-state index in [9.17, 15) is 0 Å². The van der Waals surface area contributed by atoms with Crippen molar-refractivity contribution in [2.45, 2.75) is 45.8 Å². The Morgan fingerprint density at radius 2 is 2.25 bits per heavy atom. The van der Waals surface area contributed by atoms with Crippen LogP contribution in [0.5, 0.6) is 0 Å². The molecular weight excluding hydrogens is 268 g/mol. The quantitative estimate of drug-likeness (QED) is 0.836. The van der Waals surface area contributed by atoms with Gasteiger partial charge < -0.3 is 15.4 Å². The van der Waals surface area contributed by atoms with Crippen LogP contribution in [0.15, 0.2) is 18.2 Å². The van der Waals surface area contributed by atoms with Crippen LogP contribution >= 0.6 is 12.2 Å². The van der Waals surface area contributed by atoms with Gasteiger partial charge in [0.1, 0.15) is 0 Å². The highest BCUT2D eigenvalue weighted by Gasteiger charge is 2.16. The van der Waals surface area contributed by atoms with E-state index in [1.807, 2.05) is 0 Å². The lowest BCUT2D eigenvalue weighted by Gasteiger charge is -2.20. The molecule has 2 N–H and O–H groups in total. The van der Waals surface area contributed by atoms with Crippen LogP contribution in [0.4, 0.5) is 0 Å². The van der Waals surface area contributed by atoms with Crippen LogP contribution in [0.3, 0.4) is 0 Å². The summed E-state index contributed by atoms with van der Waals surface area (Å²) in [7, 11) is 0. The van der Waals surface area contributed by atoms with Gasteiger partial charge in [0.05, 0.1) is 12.1 Å². The molecule has 4 heteroatoms. The van der Waals surface area contributed by atoms with Gasteiger partial charge in [0, 0.05) is 13.2 Å². The predicted molar refractivity (Wildman–Crippen MR) is 87.0 cm³/mol. The summed E-state index contributed by atoms with van der Waals surface area (Å²) < 4.78 is 5.58. The average Bonchev–Trinajstić information content (AvgIpc) is 2.92. The maximum absolute atomic E-state index is 5.58. The summed E-state index contributed by atoms with van der Waals surface area (Å²) in [5.74, 6) is 0. The SMILES string of the molecule is Cc1ccc(C)c(C(C)NC(=S)NCC2CCCO2)c1. The maximum atomic E-state index is 5.58. The topological polar surface area (TPSA) is 33.3 Å². The Morgan fingerprint density at radius 3 is 2.95 bits per heavy atom. The Bertz CT molecular complexity index is 470. The second kappa shape index (κ2) is 7.04. The molecule has 1 saturated heterocycles. The molecule has 1 aromatic carbocycles. The molecule has 2 rings (SSSR count). The molecule has 0 bridgehead atoms. The van der Waals surface area contributed by atoms with Gasteiger partial charge in [0.25, 0.3) is 0 Å². The van der Waals surface area contributed by atoms with E-state index >= 15 is 0 Å². The van der Waals surface area contributed by atoms with E-state index in [2.05, 4.69) is 49.6 Å². The van der Waals surface area contributed by atoms with E-state index in [0.29, 0.717) is 11.2 Å². The zero-order chi connectivity index (χ0) is 14.5. The monoisotopic (exact) mass is 292 g/mol. The number of benzene rings is 1. The molecule has 2 unspecified atom stereocenters. The lowest BCUT2D eigenvalue weighted by molar-refractivity contribution is 0.114. The van der Waals surface area contributed by atoms with E-state index < -0.39 is 0 Å². The van der Waals surface area contributed by atoms with Crippen LogP contribution < -0.4 is 10.6 Å². The number of aryl methyl sites for hydroxylation is 2. The molecule has 0 aromatic heterocycles. The number of thiocarbonyl (C=S) groups is 1. The summed E-state index contributed by atoms with van der Waals surface area (Å²) in [4.78, 5) is 0. The second-order valence-electron chi connectivity index (χ2n) is 5.57. The largest absolute Gasteiger partial charge is 0.376 e. The van der Waals surface area contributed by atoms with Crippen molar-refractivity contribution in [2.24, 2.45) is 0 Å². The smallest absolute Gasteiger partial charge is 0.166 e. The van der Waals surface area contributed by atoms with Gasteiger partial charge in [-0.2, -0.15) is 0 Å². The Balaban J connectivity index is 1.85. The molecule has 1 aliphatic heterocycles. The normalized spacial score (nSPS) is 19.6. The minimum absolute atomic E-state index is 0.208. The Morgan fingerprint density at radius 1 is 1.45 bits per heavy atom. The van der Waals surface area contributed by atoms with Crippen molar-refractivity contribution in [2.75, 3.05) is 13.2 Å². The molecule has 1 aromatic rings. The minimum Gasteiger partial charge on any atom is -0.376 e. The van der Waals surface area contributed by atoms with Gasteiger partial charge in [0.15, 0.2) is 5.11 Å². The van der Waals surface area contributed by atoms with Crippen LogP contribution in [0.2, 0.25) is 0 Å². The molecule has 0 amide bonds. The van der Waals surface area contributed by atoms with Gasteiger partial charge >= 0.3 is 0 Å². The number of nitrogens with one attached hydrogen (secondary N) is 2. The van der Waals surface area contributed by atoms with Crippen LogP contribution in [-0.4, -0.2) is 24.4 Å². The molecule has 1 fully saturated rings. The van der Waals surface area contributed by atoms with E-state index in [0.717, 1.165) is 26.0 Å². The Kier molecular flexibility index (Phi) is 5.38. The summed E-state index contributed by atoms with van der Waals surface area (Å²) in [6.07, 6.45) is 2.60. The van der Waals surface area contributed by atoms with E-state index in [-0.39, 0.29) is 6.04 Å². The molecular formula is C16H24N2OS. The molecule has 2 atom stereocenters. The molecule has 1 aliphatic rings. The van der Waals surface area contributed by atoms with Gasteiger partial charge in [0.2, 0.25) is 0 Å². The van der Waals surface area contributed by atoms with Crippen molar-refractivity contribution < 1.29 is 4.74 Å². The second-order valence-corrected chi connectivity index (χ2v) is 5.98. The lowest BCUT2D eigenvalue weighted by Crippen LogP contribution is -2.40. The van der Waals surface area contributed by atoms with E-state index in [4.69, 9.17) is 17.0 Å². The third-order valence-electron chi connectivity index (χ3n) is 3.76. The van der Waals surface area contributed by atoms with Crippen LogP contribution in [0.1, 0.15) is 42.5 Å². The highest BCUT2D eigenvalue weighted by atomic mass is 32.1. The molecule has 0 saturated carbocycles. The fourth-order valence-electron chi connectivity index (χ4n) is 2.56. The first-order valence-electron chi connectivity index (χ1n) is 7.29. The summed E-state index contributed by atoms with van der Waals surface area (Å²) in [6, 6.07) is 6.72. The zero-order valence-corrected chi connectivity index (χ0v) is 13.3. The van der Waals surface area contributed by atoms with Crippen LogP contribution in [0.25, 0.3) is 0 Å². The molecule has 0 spiro atoms. The first-order chi connectivity index (χ1) is 9.56. The lowest BCUT2D eigenvalue weighted by atomic mass is 10.0. The molecule has 110 valence electrons. The fraction of sp³-hybridized carbons (Fsp3) is 0.562. The Hall–Kier alpha value is -1.13. The van der Waals surface area contributed by atoms with Gasteiger partial charge in [-0.25, -0.2) is 0 Å². The Labute approximate surface area is 127 Å². The molecule has 1 heterocycles. The summed E-state index contributed by atoms with van der Waals surface area (Å²) >= 11 is 5.36. The predicted octanol–water partition coefficient (Wildman–Crippen LogP) is 3.01. The van der Waals surface area contributed by atoms with Gasteiger partial charge in [-0.3, -0.25) is 0 Å². The van der Waals surface area contributed by atoms with Gasteiger partial charge in [-0.1, -0.05) is 23.8 Å². The van der Waals surface area contributed by atoms with Gasteiger partial charge in [-0.05, 0) is 57.0 Å². The van der Waals surface area contributed by atoms with Crippen molar-refractivity contribution in [1.82, 2.24) is 10.6 Å². The number of hydrogen-bond donors (Lipinski definition) is 2. The van der Waals surface area contributed by atoms with Gasteiger partial charge in [-0.15, -0.1) is 0 Å². The number of ether oxygens (including phenoxy) is 1. The summed E-state index contributed by atoms with van der Waals surface area (Å²) in [5.41, 5.74) is 3.86. The standard InChI is InChI=1S/C16H24N2OS/c1-11-6-7-12(2)15(9-11)13(3)18-16(20)17-10-14-5-4-8-19-14/h6-7,9,13-14H,4-5,8,10H2,1-3H3,(H2,17,18,20). The zero-order valence-electron chi connectivity index (χ0n) is 12.5. The van der Waals surface area contributed by atoms with E-state index in [1.165, 1.54) is 16.7 Å². The first kappa shape index (κ1) is 15.3.